The Bertz CT molecular complexity index is 161. The van der Waals surface area contributed by atoms with Crippen molar-refractivity contribution < 1.29 is 9.90 Å². The van der Waals surface area contributed by atoms with Crippen LogP contribution in [0.1, 0.15) is 33.6 Å². The monoisotopic (exact) mass is 170 g/mol. The van der Waals surface area contributed by atoms with Gasteiger partial charge >= 0.3 is 5.97 Å². The number of carboxylic acid groups (broad SMARTS) is 1. The smallest absolute Gasteiger partial charge is 0.306 e. The van der Waals surface area contributed by atoms with E-state index in [1.165, 1.54) is 0 Å². The highest BCUT2D eigenvalue weighted by molar-refractivity contribution is 5.69. The maximum Gasteiger partial charge on any atom is 0.306 e. The number of hydrogen-bond donors (Lipinski definition) is 1. The number of rotatable bonds is 5. The van der Waals surface area contributed by atoms with E-state index < -0.39 is 5.97 Å². The molecule has 0 aromatic heterocycles. The molecule has 0 aliphatic rings. The van der Waals surface area contributed by atoms with Crippen molar-refractivity contribution >= 4 is 5.97 Å². The first-order valence-electron chi connectivity index (χ1n) is 4.47. The largest absolute Gasteiger partial charge is 0.481 e. The molecule has 0 spiro atoms. The van der Waals surface area contributed by atoms with Gasteiger partial charge in [-0.15, -0.1) is 0 Å². The van der Waals surface area contributed by atoms with Crippen molar-refractivity contribution in [1.82, 2.24) is 0 Å². The van der Waals surface area contributed by atoms with Crippen LogP contribution in [0.4, 0.5) is 0 Å². The van der Waals surface area contributed by atoms with Crippen LogP contribution < -0.4 is 0 Å². The summed E-state index contributed by atoms with van der Waals surface area (Å²) >= 11 is 0. The molecule has 0 aromatic carbocycles. The van der Waals surface area contributed by atoms with Crippen molar-refractivity contribution in [3.8, 4) is 0 Å². The third kappa shape index (κ3) is 4.16. The number of allylic oxidation sites excluding steroid dienone is 2. The van der Waals surface area contributed by atoms with Gasteiger partial charge in [0.2, 0.25) is 0 Å². The minimum atomic E-state index is -0.701. The van der Waals surface area contributed by atoms with Gasteiger partial charge in [-0.2, -0.15) is 0 Å². The van der Waals surface area contributed by atoms with Crippen LogP contribution in [0.15, 0.2) is 12.2 Å². The molecule has 0 saturated heterocycles. The van der Waals surface area contributed by atoms with Gasteiger partial charge in [0.25, 0.3) is 0 Å². The molecular weight excluding hydrogens is 152 g/mol. The molecule has 2 unspecified atom stereocenters. The fourth-order valence-corrected chi connectivity index (χ4v) is 0.925. The maximum atomic E-state index is 10.5. The maximum absolute atomic E-state index is 10.5. The van der Waals surface area contributed by atoms with Crippen molar-refractivity contribution in [3.05, 3.63) is 12.2 Å². The molecule has 70 valence electrons. The third-order valence-electron chi connectivity index (χ3n) is 2.15. The molecule has 0 amide bonds. The van der Waals surface area contributed by atoms with E-state index >= 15 is 0 Å². The molecule has 0 saturated carbocycles. The Morgan fingerprint density at radius 2 is 2.00 bits per heavy atom. The quantitative estimate of drug-likeness (QED) is 0.644. The molecule has 2 nitrogen and oxygen atoms in total. The molecule has 1 N–H and O–H groups in total. The van der Waals surface area contributed by atoms with Gasteiger partial charge in [-0.05, 0) is 18.8 Å². The Kier molecular flexibility index (Phi) is 5.43. The summed E-state index contributed by atoms with van der Waals surface area (Å²) in [6.45, 7) is 5.80. The lowest BCUT2D eigenvalue weighted by atomic mass is 9.93. The number of aliphatic carboxylic acids is 1. The van der Waals surface area contributed by atoms with Gasteiger partial charge < -0.3 is 5.11 Å². The number of carboxylic acids is 1. The van der Waals surface area contributed by atoms with E-state index in [0.717, 1.165) is 12.8 Å². The summed E-state index contributed by atoms with van der Waals surface area (Å²) in [5.41, 5.74) is 0. The molecule has 0 radical (unpaired) electrons. The number of carbonyl (C=O) groups is 1. The molecular formula is C10H18O2. The van der Waals surface area contributed by atoms with E-state index in [-0.39, 0.29) is 11.8 Å². The molecule has 2 heteroatoms. The predicted octanol–water partition coefficient (Wildman–Crippen LogP) is 2.70. The molecule has 0 rings (SSSR count). The van der Waals surface area contributed by atoms with Gasteiger partial charge in [-0.3, -0.25) is 4.79 Å². The van der Waals surface area contributed by atoms with Gasteiger partial charge in [0.05, 0.1) is 5.92 Å². The van der Waals surface area contributed by atoms with E-state index in [0.29, 0.717) is 0 Å². The van der Waals surface area contributed by atoms with Crippen LogP contribution in [0.25, 0.3) is 0 Å². The molecule has 0 heterocycles. The van der Waals surface area contributed by atoms with Crippen molar-refractivity contribution in [2.45, 2.75) is 33.6 Å². The average molecular weight is 170 g/mol. The Morgan fingerprint density at radius 1 is 1.42 bits per heavy atom. The van der Waals surface area contributed by atoms with Crippen LogP contribution in [0.5, 0.6) is 0 Å². The summed E-state index contributed by atoms with van der Waals surface area (Å²) in [5, 5.41) is 8.68. The van der Waals surface area contributed by atoms with Crippen LogP contribution in [-0.2, 0) is 4.79 Å². The van der Waals surface area contributed by atoms with Crippen LogP contribution in [0, 0.1) is 11.8 Å². The van der Waals surface area contributed by atoms with Crippen molar-refractivity contribution in [2.75, 3.05) is 0 Å². The fourth-order valence-electron chi connectivity index (χ4n) is 0.925. The lowest BCUT2D eigenvalue weighted by molar-refractivity contribution is -0.142. The van der Waals surface area contributed by atoms with E-state index in [1.54, 1.807) is 6.92 Å². The lowest BCUT2D eigenvalue weighted by Crippen LogP contribution is -2.17. The van der Waals surface area contributed by atoms with Gasteiger partial charge in [0, 0.05) is 0 Å². The first-order chi connectivity index (χ1) is 5.59. The second-order valence-electron chi connectivity index (χ2n) is 3.22. The Balaban J connectivity index is 3.78. The zero-order valence-corrected chi connectivity index (χ0v) is 8.08. The second-order valence-corrected chi connectivity index (χ2v) is 3.22. The fraction of sp³-hybridized carbons (Fsp3) is 0.700. The normalized spacial score (nSPS) is 16.2. The highest BCUT2D eigenvalue weighted by atomic mass is 16.4. The van der Waals surface area contributed by atoms with Crippen LogP contribution in [-0.4, -0.2) is 11.1 Å². The van der Waals surface area contributed by atoms with Gasteiger partial charge in [-0.25, -0.2) is 0 Å². The Morgan fingerprint density at radius 3 is 2.42 bits per heavy atom. The SMILES string of the molecule is CCC=CCC(C)C(C)C(=O)O. The average Bonchev–Trinajstić information content (AvgIpc) is 2.03. The zero-order valence-electron chi connectivity index (χ0n) is 8.08. The molecule has 0 aliphatic heterocycles. The van der Waals surface area contributed by atoms with Crippen molar-refractivity contribution in [1.29, 1.82) is 0 Å². The van der Waals surface area contributed by atoms with Gasteiger partial charge in [0.1, 0.15) is 0 Å². The standard InChI is InChI=1S/C10H18O2/c1-4-5-6-7-8(2)9(3)10(11)12/h5-6,8-9H,4,7H2,1-3H3,(H,11,12). The van der Waals surface area contributed by atoms with Gasteiger partial charge in [-0.1, -0.05) is 32.9 Å². The predicted molar refractivity (Wildman–Crippen MR) is 50.0 cm³/mol. The van der Waals surface area contributed by atoms with E-state index in [2.05, 4.69) is 19.1 Å². The van der Waals surface area contributed by atoms with Crippen LogP contribution in [0.3, 0.4) is 0 Å². The molecule has 0 bridgehead atoms. The summed E-state index contributed by atoms with van der Waals surface area (Å²) < 4.78 is 0. The van der Waals surface area contributed by atoms with Crippen molar-refractivity contribution in [3.63, 3.8) is 0 Å². The molecule has 0 aromatic rings. The first-order valence-corrected chi connectivity index (χ1v) is 4.47. The Labute approximate surface area is 74.3 Å². The molecule has 2 atom stereocenters. The van der Waals surface area contributed by atoms with Crippen LogP contribution >= 0.6 is 0 Å². The summed E-state index contributed by atoms with van der Waals surface area (Å²) in [4.78, 5) is 10.5. The topological polar surface area (TPSA) is 37.3 Å². The highest BCUT2D eigenvalue weighted by Crippen LogP contribution is 2.15. The Hall–Kier alpha value is -0.790. The minimum Gasteiger partial charge on any atom is -0.481 e. The van der Waals surface area contributed by atoms with Crippen LogP contribution in [0.2, 0.25) is 0 Å². The van der Waals surface area contributed by atoms with E-state index in [4.69, 9.17) is 5.11 Å². The summed E-state index contributed by atoms with van der Waals surface area (Å²) in [6.07, 6.45) is 6.02. The second kappa shape index (κ2) is 5.81. The highest BCUT2D eigenvalue weighted by Gasteiger charge is 2.17. The van der Waals surface area contributed by atoms with E-state index in [1.807, 2.05) is 6.92 Å². The minimum absolute atomic E-state index is 0.227. The van der Waals surface area contributed by atoms with Gasteiger partial charge in [0.15, 0.2) is 0 Å². The van der Waals surface area contributed by atoms with E-state index in [9.17, 15) is 4.79 Å². The summed E-state index contributed by atoms with van der Waals surface area (Å²) in [7, 11) is 0. The zero-order chi connectivity index (χ0) is 9.56. The number of hydrogen-bond acceptors (Lipinski definition) is 1. The summed E-state index contributed by atoms with van der Waals surface area (Å²) in [5.74, 6) is -0.718. The first kappa shape index (κ1) is 11.2. The summed E-state index contributed by atoms with van der Waals surface area (Å²) in [6, 6.07) is 0. The third-order valence-corrected chi connectivity index (χ3v) is 2.15. The molecule has 0 aliphatic carbocycles. The van der Waals surface area contributed by atoms with Crippen molar-refractivity contribution in [2.24, 2.45) is 11.8 Å². The molecule has 0 fully saturated rings. The molecule has 12 heavy (non-hydrogen) atoms. The lowest BCUT2D eigenvalue weighted by Gasteiger charge is -2.12.